The van der Waals surface area contributed by atoms with Gasteiger partial charge in [0.1, 0.15) is 10.8 Å². The van der Waals surface area contributed by atoms with E-state index in [-0.39, 0.29) is 11.4 Å². The molecule has 2 aromatic heterocycles. The number of fused-ring (bicyclic) bond motifs is 2. The summed E-state index contributed by atoms with van der Waals surface area (Å²) < 4.78 is 8.14. The second-order valence-electron chi connectivity index (χ2n) is 8.93. The third-order valence-electron chi connectivity index (χ3n) is 6.38. The van der Waals surface area contributed by atoms with Crippen LogP contribution >= 0.6 is 11.8 Å². The van der Waals surface area contributed by atoms with E-state index in [0.717, 1.165) is 46.3 Å². The maximum absolute atomic E-state index is 13.0. The zero-order chi connectivity index (χ0) is 26.1. The number of amidine groups is 2. The summed E-state index contributed by atoms with van der Waals surface area (Å²) in [4.78, 5) is 21.4. The van der Waals surface area contributed by atoms with Gasteiger partial charge in [0.2, 0.25) is 5.17 Å². The van der Waals surface area contributed by atoms with Gasteiger partial charge in [-0.05, 0) is 61.0 Å². The lowest BCUT2D eigenvalue weighted by Gasteiger charge is -2.20. The van der Waals surface area contributed by atoms with Crippen LogP contribution in [0.5, 0.6) is 5.75 Å². The number of nitrogens with zero attached hydrogens (tertiary/aromatic N) is 5. The lowest BCUT2D eigenvalue weighted by Crippen LogP contribution is -2.35. The minimum atomic E-state index is -0.445. The van der Waals surface area contributed by atoms with Crippen molar-refractivity contribution in [2.24, 2.45) is 10.1 Å². The molecule has 0 saturated carbocycles. The van der Waals surface area contributed by atoms with Gasteiger partial charge in [-0.15, -0.1) is 0 Å². The van der Waals surface area contributed by atoms with Crippen LogP contribution in [0.3, 0.4) is 0 Å². The van der Waals surface area contributed by atoms with E-state index < -0.39 is 5.91 Å². The molecule has 0 bridgehead atoms. The molecule has 4 heterocycles. The van der Waals surface area contributed by atoms with Crippen molar-refractivity contribution in [2.75, 3.05) is 6.61 Å². The van der Waals surface area contributed by atoms with Crippen LogP contribution < -0.4 is 4.74 Å². The average molecular weight is 521 g/mol. The summed E-state index contributed by atoms with van der Waals surface area (Å²) in [7, 11) is 0. The Labute approximate surface area is 223 Å². The summed E-state index contributed by atoms with van der Waals surface area (Å²) in [6.07, 6.45) is 7.98. The first-order valence-electron chi connectivity index (χ1n) is 12.3. The molecule has 0 saturated heterocycles. The van der Waals surface area contributed by atoms with Crippen molar-refractivity contribution in [1.82, 2.24) is 14.6 Å². The lowest BCUT2D eigenvalue weighted by molar-refractivity contribution is -0.114. The monoisotopic (exact) mass is 520 g/mol. The van der Waals surface area contributed by atoms with Crippen molar-refractivity contribution in [3.63, 3.8) is 0 Å². The van der Waals surface area contributed by atoms with E-state index in [9.17, 15) is 4.79 Å². The smallest absolute Gasteiger partial charge is 0.283 e. The molecular formula is C29H24N6O2S. The molecule has 0 atom stereocenters. The van der Waals surface area contributed by atoms with Crippen molar-refractivity contribution in [3.8, 4) is 5.75 Å². The summed E-state index contributed by atoms with van der Waals surface area (Å²) >= 11 is 1.26. The first-order chi connectivity index (χ1) is 18.6. The van der Waals surface area contributed by atoms with Gasteiger partial charge in [-0.1, -0.05) is 36.4 Å². The Balaban J connectivity index is 1.24. The summed E-state index contributed by atoms with van der Waals surface area (Å²) in [5, 5.41) is 16.8. The number of hydrazone groups is 1. The second kappa shape index (κ2) is 10.1. The molecule has 0 spiro atoms. The maximum Gasteiger partial charge on any atom is 0.283 e. The third kappa shape index (κ3) is 4.52. The molecule has 188 valence electrons. The van der Waals surface area contributed by atoms with Crippen LogP contribution in [-0.4, -0.2) is 43.1 Å². The van der Waals surface area contributed by atoms with Gasteiger partial charge < -0.3 is 9.30 Å². The zero-order valence-electron chi connectivity index (χ0n) is 20.7. The zero-order valence-corrected chi connectivity index (χ0v) is 21.5. The van der Waals surface area contributed by atoms with E-state index in [1.165, 1.54) is 16.8 Å². The number of carbonyl (C=O) groups excluding carboxylic acids is 1. The second-order valence-corrected chi connectivity index (χ2v) is 9.89. The number of aryl methyl sites for hydroxylation is 2. The van der Waals surface area contributed by atoms with Crippen molar-refractivity contribution < 1.29 is 9.53 Å². The van der Waals surface area contributed by atoms with Gasteiger partial charge in [0, 0.05) is 47.2 Å². The highest BCUT2D eigenvalue weighted by molar-refractivity contribution is 8.27. The summed E-state index contributed by atoms with van der Waals surface area (Å²) in [5.74, 6) is 0.466. The van der Waals surface area contributed by atoms with Crippen LogP contribution in [0.2, 0.25) is 0 Å². The Bertz CT molecular complexity index is 1650. The highest BCUT2D eigenvalue weighted by Crippen LogP contribution is 2.32. The fraction of sp³-hybridized carbons (Fsp3) is 0.138. The van der Waals surface area contributed by atoms with Gasteiger partial charge in [0.15, 0.2) is 5.84 Å². The topological polar surface area (TPSA) is 95.9 Å². The van der Waals surface area contributed by atoms with Gasteiger partial charge in [0.25, 0.3) is 5.91 Å². The number of carbonyl (C=O) groups is 1. The van der Waals surface area contributed by atoms with Gasteiger partial charge in [-0.2, -0.15) is 15.1 Å². The van der Waals surface area contributed by atoms with Crippen LogP contribution in [0.1, 0.15) is 23.1 Å². The van der Waals surface area contributed by atoms with Crippen LogP contribution in [0.15, 0.2) is 94.9 Å². The molecule has 8 nitrogen and oxygen atoms in total. The number of benzene rings is 2. The molecule has 0 aliphatic carbocycles. The third-order valence-corrected chi connectivity index (χ3v) is 7.33. The number of hydrogen-bond acceptors (Lipinski definition) is 6. The van der Waals surface area contributed by atoms with Gasteiger partial charge >= 0.3 is 0 Å². The molecule has 38 heavy (non-hydrogen) atoms. The Morgan fingerprint density at radius 1 is 1.08 bits per heavy atom. The number of aliphatic imine (C=N–C) groups is 1. The minimum absolute atomic E-state index is 0.00912. The van der Waals surface area contributed by atoms with Gasteiger partial charge in [-0.25, -0.2) is 0 Å². The van der Waals surface area contributed by atoms with Crippen LogP contribution in [-0.2, 0) is 11.3 Å². The van der Waals surface area contributed by atoms with E-state index in [4.69, 9.17) is 10.1 Å². The largest absolute Gasteiger partial charge is 0.493 e. The predicted octanol–water partition coefficient (Wildman–Crippen LogP) is 5.48. The Morgan fingerprint density at radius 2 is 1.92 bits per heavy atom. The molecule has 4 aromatic rings. The first-order valence-corrected chi connectivity index (χ1v) is 13.1. The molecule has 0 radical (unpaired) electrons. The van der Waals surface area contributed by atoms with Gasteiger partial charge in [-0.3, -0.25) is 15.2 Å². The van der Waals surface area contributed by atoms with Gasteiger partial charge in [0.05, 0.1) is 12.2 Å². The minimum Gasteiger partial charge on any atom is -0.493 e. The Kier molecular flexibility index (Phi) is 6.35. The molecule has 1 N–H and O–H groups in total. The number of hydrogen-bond donors (Lipinski definition) is 1. The molecule has 6 rings (SSSR count). The Hall–Kier alpha value is -4.50. The summed E-state index contributed by atoms with van der Waals surface area (Å²) in [6, 6.07) is 19.8. The number of nitrogens with one attached hydrogen (secondary N) is 1. The van der Waals surface area contributed by atoms with Crippen LogP contribution in [0.4, 0.5) is 0 Å². The van der Waals surface area contributed by atoms with E-state index in [1.807, 2.05) is 67.7 Å². The highest BCUT2D eigenvalue weighted by atomic mass is 32.2. The van der Waals surface area contributed by atoms with Crippen LogP contribution in [0.25, 0.3) is 17.0 Å². The number of para-hydroxylation sites is 2. The predicted molar refractivity (Wildman–Crippen MR) is 152 cm³/mol. The number of ether oxygens (including phenoxy) is 1. The number of pyridine rings is 1. The fourth-order valence-electron chi connectivity index (χ4n) is 4.46. The van der Waals surface area contributed by atoms with Crippen molar-refractivity contribution in [3.05, 3.63) is 102 Å². The number of rotatable bonds is 7. The van der Waals surface area contributed by atoms with Crippen molar-refractivity contribution >= 4 is 50.7 Å². The van der Waals surface area contributed by atoms with E-state index in [1.54, 1.807) is 18.5 Å². The fourth-order valence-corrected chi connectivity index (χ4v) is 5.35. The molecule has 0 fully saturated rings. The number of thioether (sulfide) groups is 1. The summed E-state index contributed by atoms with van der Waals surface area (Å²) in [5.41, 5.74) is 4.05. The van der Waals surface area contributed by atoms with E-state index >= 15 is 0 Å². The number of aromatic nitrogens is 2. The molecular weight excluding hydrogens is 496 g/mol. The SMILES string of the molecule is Cc1ccccc1OCCCn1cc(/C=C2\C(=N)N3N=C(c4cccnc4)SC3=NC2=O)c2ccccc21. The van der Waals surface area contributed by atoms with Crippen molar-refractivity contribution in [1.29, 1.82) is 5.41 Å². The molecule has 2 aliphatic heterocycles. The molecule has 2 aromatic carbocycles. The summed E-state index contributed by atoms with van der Waals surface area (Å²) in [6.45, 7) is 3.39. The lowest BCUT2D eigenvalue weighted by atomic mass is 10.1. The average Bonchev–Trinajstić information content (AvgIpc) is 3.52. The quantitative estimate of drug-likeness (QED) is 0.257. The van der Waals surface area contributed by atoms with E-state index in [2.05, 4.69) is 25.7 Å². The normalized spacial score (nSPS) is 16.1. The molecule has 2 aliphatic rings. The first kappa shape index (κ1) is 23.9. The standard InChI is InChI=1S/C29H24N6O2S/c1-19-8-2-5-12-25(19)37-15-7-14-34-18-21(22-10-3-4-11-24(22)34)16-23-26(30)35-29(32-27(23)36)38-28(33-35)20-9-6-13-31-17-20/h2-6,8-13,16-18,30H,7,14-15H2,1H3/b23-16+,30-26?. The number of amides is 1. The Morgan fingerprint density at radius 3 is 2.76 bits per heavy atom. The van der Waals surface area contributed by atoms with Crippen LogP contribution in [0, 0.1) is 12.3 Å². The highest BCUT2D eigenvalue weighted by Gasteiger charge is 2.36. The van der Waals surface area contributed by atoms with E-state index in [0.29, 0.717) is 16.8 Å². The van der Waals surface area contributed by atoms with Crippen molar-refractivity contribution in [2.45, 2.75) is 19.9 Å². The molecule has 9 heteroatoms. The maximum atomic E-state index is 13.0. The molecule has 1 amide bonds. The molecule has 0 unspecified atom stereocenters.